The van der Waals surface area contributed by atoms with E-state index in [0.29, 0.717) is 5.92 Å². The lowest BCUT2D eigenvalue weighted by atomic mass is 9.79. The van der Waals surface area contributed by atoms with Gasteiger partial charge < -0.3 is 5.32 Å². The van der Waals surface area contributed by atoms with E-state index >= 15 is 0 Å². The van der Waals surface area contributed by atoms with E-state index in [1.807, 2.05) is 18.2 Å². The van der Waals surface area contributed by atoms with E-state index in [1.165, 1.54) is 24.8 Å². The zero-order valence-electron chi connectivity index (χ0n) is 8.50. The largest absolute Gasteiger partial charge is 0.325 e. The smallest absolute Gasteiger partial charge is 0.239 e. The maximum Gasteiger partial charge on any atom is 0.239 e. The number of carbonyl (C=O) groups excluding carboxylic acids is 1. The molecule has 1 fully saturated rings. The van der Waals surface area contributed by atoms with E-state index in [4.69, 9.17) is 11.6 Å². The molecule has 0 aromatic heterocycles. The number of hydrogen-bond donors (Lipinski definition) is 1. The van der Waals surface area contributed by atoms with Crippen molar-refractivity contribution < 1.29 is 4.79 Å². The molecular formula is C12H14ClNO. The summed E-state index contributed by atoms with van der Waals surface area (Å²) in [6, 6.07) is 7.99. The van der Waals surface area contributed by atoms with Crippen LogP contribution < -0.4 is 5.32 Å². The zero-order valence-corrected chi connectivity index (χ0v) is 9.26. The van der Waals surface area contributed by atoms with Gasteiger partial charge in [-0.15, -0.1) is 11.6 Å². The molecule has 0 unspecified atom stereocenters. The van der Waals surface area contributed by atoms with Crippen LogP contribution in [0.3, 0.4) is 0 Å². The van der Waals surface area contributed by atoms with E-state index < -0.39 is 0 Å². The molecule has 80 valence electrons. The molecule has 3 heteroatoms. The highest BCUT2D eigenvalue weighted by Gasteiger charge is 2.22. The van der Waals surface area contributed by atoms with E-state index in [-0.39, 0.29) is 11.8 Å². The van der Waals surface area contributed by atoms with Gasteiger partial charge in [0, 0.05) is 5.69 Å². The van der Waals surface area contributed by atoms with Crippen LogP contribution >= 0.6 is 11.6 Å². The predicted octanol–water partition coefficient (Wildman–Crippen LogP) is 3.13. The van der Waals surface area contributed by atoms with Gasteiger partial charge in [-0.2, -0.15) is 0 Å². The summed E-state index contributed by atoms with van der Waals surface area (Å²) in [7, 11) is 0. The van der Waals surface area contributed by atoms with Crippen molar-refractivity contribution in [2.24, 2.45) is 0 Å². The lowest BCUT2D eigenvalue weighted by Gasteiger charge is -2.27. The lowest BCUT2D eigenvalue weighted by molar-refractivity contribution is -0.113. The highest BCUT2D eigenvalue weighted by molar-refractivity contribution is 6.29. The average molecular weight is 224 g/mol. The van der Waals surface area contributed by atoms with Gasteiger partial charge in [0.2, 0.25) is 5.91 Å². The number of hydrogen-bond acceptors (Lipinski definition) is 1. The van der Waals surface area contributed by atoms with E-state index in [2.05, 4.69) is 11.4 Å². The number of amides is 1. The molecule has 1 N–H and O–H groups in total. The highest BCUT2D eigenvalue weighted by atomic mass is 35.5. The van der Waals surface area contributed by atoms with Gasteiger partial charge in [-0.3, -0.25) is 4.79 Å². The molecule has 0 heterocycles. The molecule has 0 atom stereocenters. The standard InChI is InChI=1S/C12H14ClNO/c13-8-12(15)14-11-7-2-1-6-10(11)9-4-3-5-9/h1-2,6-7,9H,3-5,8H2,(H,14,15). The molecule has 1 saturated carbocycles. The number of carbonyl (C=O) groups is 1. The van der Waals surface area contributed by atoms with Gasteiger partial charge in [-0.25, -0.2) is 0 Å². The van der Waals surface area contributed by atoms with Crippen molar-refractivity contribution in [3.05, 3.63) is 29.8 Å². The second-order valence-electron chi connectivity index (χ2n) is 3.90. The van der Waals surface area contributed by atoms with Crippen molar-refractivity contribution in [1.29, 1.82) is 0 Å². The minimum atomic E-state index is -0.136. The first-order valence-corrected chi connectivity index (χ1v) is 5.79. The lowest BCUT2D eigenvalue weighted by Crippen LogP contribution is -2.17. The number of anilines is 1. The monoisotopic (exact) mass is 223 g/mol. The van der Waals surface area contributed by atoms with Crippen molar-refractivity contribution in [3.63, 3.8) is 0 Å². The minimum absolute atomic E-state index is 0.0129. The fraction of sp³-hybridized carbons (Fsp3) is 0.417. The molecule has 2 nitrogen and oxygen atoms in total. The molecule has 1 aromatic rings. The molecule has 0 bridgehead atoms. The molecular weight excluding hydrogens is 210 g/mol. The third-order valence-electron chi connectivity index (χ3n) is 2.90. The Morgan fingerprint density at radius 1 is 1.40 bits per heavy atom. The van der Waals surface area contributed by atoms with Gasteiger partial charge >= 0.3 is 0 Å². The minimum Gasteiger partial charge on any atom is -0.325 e. The average Bonchev–Trinajstić information content (AvgIpc) is 2.18. The van der Waals surface area contributed by atoms with E-state index in [0.717, 1.165) is 5.69 Å². The first-order chi connectivity index (χ1) is 7.31. The summed E-state index contributed by atoms with van der Waals surface area (Å²) in [4.78, 5) is 11.2. The number of rotatable bonds is 3. The third-order valence-corrected chi connectivity index (χ3v) is 3.14. The number of nitrogens with one attached hydrogen (secondary N) is 1. The van der Waals surface area contributed by atoms with Gasteiger partial charge in [0.05, 0.1) is 0 Å². The van der Waals surface area contributed by atoms with Crippen LogP contribution in [0.2, 0.25) is 0 Å². The molecule has 1 amide bonds. The summed E-state index contributed by atoms with van der Waals surface area (Å²) < 4.78 is 0. The van der Waals surface area contributed by atoms with Gasteiger partial charge in [0.25, 0.3) is 0 Å². The molecule has 0 saturated heterocycles. The molecule has 0 spiro atoms. The van der Waals surface area contributed by atoms with Crippen molar-refractivity contribution >= 4 is 23.2 Å². The Balaban J connectivity index is 2.17. The zero-order chi connectivity index (χ0) is 10.7. The van der Waals surface area contributed by atoms with Crippen LogP contribution in [-0.4, -0.2) is 11.8 Å². The Hall–Kier alpha value is -1.02. The SMILES string of the molecule is O=C(CCl)Nc1ccccc1C1CCC1. The van der Waals surface area contributed by atoms with Crippen LogP contribution in [0.5, 0.6) is 0 Å². The van der Waals surface area contributed by atoms with E-state index in [9.17, 15) is 4.79 Å². The topological polar surface area (TPSA) is 29.1 Å². The summed E-state index contributed by atoms with van der Waals surface area (Å²) in [6.45, 7) is 0. The van der Waals surface area contributed by atoms with Crippen LogP contribution in [-0.2, 0) is 4.79 Å². The summed E-state index contributed by atoms with van der Waals surface area (Å²) >= 11 is 5.47. The number of halogens is 1. The maximum absolute atomic E-state index is 11.2. The van der Waals surface area contributed by atoms with Crippen LogP contribution in [0, 0.1) is 0 Å². The fourth-order valence-electron chi connectivity index (χ4n) is 1.87. The number of benzene rings is 1. The second kappa shape index (κ2) is 4.67. The summed E-state index contributed by atoms with van der Waals surface area (Å²) in [5.41, 5.74) is 2.18. The first-order valence-electron chi connectivity index (χ1n) is 5.26. The quantitative estimate of drug-likeness (QED) is 0.784. The first kappa shape index (κ1) is 10.5. The van der Waals surface area contributed by atoms with Crippen molar-refractivity contribution in [1.82, 2.24) is 0 Å². The molecule has 1 aromatic carbocycles. The number of para-hydroxylation sites is 1. The van der Waals surface area contributed by atoms with Gasteiger partial charge in [0.1, 0.15) is 5.88 Å². The summed E-state index contributed by atoms with van der Waals surface area (Å²) in [5, 5.41) is 2.84. The Morgan fingerprint density at radius 2 is 2.13 bits per heavy atom. The van der Waals surface area contributed by atoms with Crippen LogP contribution in [0.15, 0.2) is 24.3 Å². The second-order valence-corrected chi connectivity index (χ2v) is 4.16. The molecule has 1 aliphatic rings. The normalized spacial score (nSPS) is 15.8. The van der Waals surface area contributed by atoms with Gasteiger partial charge in [-0.1, -0.05) is 24.6 Å². The van der Waals surface area contributed by atoms with E-state index in [1.54, 1.807) is 0 Å². The van der Waals surface area contributed by atoms with Crippen molar-refractivity contribution in [3.8, 4) is 0 Å². The molecule has 1 aliphatic carbocycles. The van der Waals surface area contributed by atoms with Crippen molar-refractivity contribution in [2.75, 3.05) is 11.2 Å². The fourth-order valence-corrected chi connectivity index (χ4v) is 1.94. The Kier molecular flexibility index (Phi) is 3.27. The summed E-state index contributed by atoms with van der Waals surface area (Å²) in [6.07, 6.45) is 3.75. The molecule has 0 aliphatic heterocycles. The summed E-state index contributed by atoms with van der Waals surface area (Å²) in [5.74, 6) is 0.499. The van der Waals surface area contributed by atoms with Gasteiger partial charge in [-0.05, 0) is 30.4 Å². The van der Waals surface area contributed by atoms with Crippen LogP contribution in [0.25, 0.3) is 0 Å². The Bertz CT molecular complexity index is 360. The van der Waals surface area contributed by atoms with Gasteiger partial charge in [0.15, 0.2) is 0 Å². The van der Waals surface area contributed by atoms with Crippen LogP contribution in [0.1, 0.15) is 30.7 Å². The Labute approximate surface area is 94.6 Å². The highest BCUT2D eigenvalue weighted by Crippen LogP contribution is 2.39. The Morgan fingerprint density at radius 3 is 2.73 bits per heavy atom. The molecule has 2 rings (SSSR count). The third kappa shape index (κ3) is 2.32. The molecule has 0 radical (unpaired) electrons. The molecule has 15 heavy (non-hydrogen) atoms. The predicted molar refractivity (Wildman–Crippen MR) is 62.4 cm³/mol. The number of alkyl halides is 1. The van der Waals surface area contributed by atoms with Crippen LogP contribution in [0.4, 0.5) is 5.69 Å². The maximum atomic E-state index is 11.2. The van der Waals surface area contributed by atoms with Crippen molar-refractivity contribution in [2.45, 2.75) is 25.2 Å².